The second kappa shape index (κ2) is 8.10. The first-order valence-electron chi connectivity index (χ1n) is 7.42. The lowest BCUT2D eigenvalue weighted by Crippen LogP contribution is -2.28. The molecule has 2 aromatic carbocycles. The molecule has 2 amide bonds. The van der Waals surface area contributed by atoms with E-state index < -0.39 is 0 Å². The van der Waals surface area contributed by atoms with Gasteiger partial charge in [0.05, 0.1) is 16.8 Å². The first-order valence-corrected chi connectivity index (χ1v) is 8.50. The predicted molar refractivity (Wildman–Crippen MR) is 101 cm³/mol. The largest absolute Gasteiger partial charge is 0.352 e. The van der Waals surface area contributed by atoms with Crippen molar-refractivity contribution in [2.45, 2.75) is 13.8 Å². The van der Waals surface area contributed by atoms with Gasteiger partial charge in [0.25, 0.3) is 11.8 Å². The molecule has 0 aliphatic rings. The summed E-state index contributed by atoms with van der Waals surface area (Å²) in [5, 5.41) is 5.70. The molecule has 0 unspecified atom stereocenters. The maximum absolute atomic E-state index is 12.4. The molecule has 0 aromatic heterocycles. The Morgan fingerprint density at radius 2 is 1.57 bits per heavy atom. The number of rotatable bonds is 5. The summed E-state index contributed by atoms with van der Waals surface area (Å²) in [7, 11) is 0. The molecule has 0 saturated carbocycles. The van der Waals surface area contributed by atoms with Crippen molar-refractivity contribution in [2.75, 3.05) is 11.9 Å². The zero-order valence-electron chi connectivity index (χ0n) is 13.1. The van der Waals surface area contributed by atoms with Crippen LogP contribution in [0.1, 0.15) is 34.6 Å². The summed E-state index contributed by atoms with van der Waals surface area (Å²) in [4.78, 5) is 24.7. The van der Waals surface area contributed by atoms with Crippen LogP contribution >= 0.6 is 22.6 Å². The monoisotopic (exact) mass is 422 g/mol. The van der Waals surface area contributed by atoms with E-state index in [0.29, 0.717) is 29.3 Å². The fraction of sp³-hybridized carbons (Fsp3) is 0.222. The van der Waals surface area contributed by atoms with Crippen molar-refractivity contribution in [3.8, 4) is 0 Å². The molecule has 4 nitrogen and oxygen atoms in total. The normalized spacial score (nSPS) is 10.4. The molecule has 0 radical (unpaired) electrons. The van der Waals surface area contributed by atoms with E-state index >= 15 is 0 Å². The third-order valence-electron chi connectivity index (χ3n) is 3.21. The first kappa shape index (κ1) is 17.5. The van der Waals surface area contributed by atoms with Gasteiger partial charge in [-0.3, -0.25) is 9.59 Å². The fourth-order valence-electron chi connectivity index (χ4n) is 2.02. The SMILES string of the molecule is CC(C)CNC(=O)c1ccccc1NC(=O)c1ccccc1I. The van der Waals surface area contributed by atoms with Gasteiger partial charge in [0.2, 0.25) is 0 Å². The van der Waals surface area contributed by atoms with Crippen LogP contribution in [0.5, 0.6) is 0 Å². The Labute approximate surface area is 149 Å². The highest BCUT2D eigenvalue weighted by Gasteiger charge is 2.15. The smallest absolute Gasteiger partial charge is 0.256 e. The summed E-state index contributed by atoms with van der Waals surface area (Å²) < 4.78 is 0.865. The molecule has 0 aliphatic heterocycles. The maximum atomic E-state index is 12.4. The van der Waals surface area contributed by atoms with Crippen LogP contribution in [0, 0.1) is 9.49 Å². The first-order chi connectivity index (χ1) is 11.0. The number of benzene rings is 2. The van der Waals surface area contributed by atoms with Gasteiger partial charge in [0.1, 0.15) is 0 Å². The molecule has 5 heteroatoms. The lowest BCUT2D eigenvalue weighted by atomic mass is 10.1. The van der Waals surface area contributed by atoms with Crippen molar-refractivity contribution in [1.29, 1.82) is 0 Å². The van der Waals surface area contributed by atoms with Gasteiger partial charge in [-0.05, 0) is 52.8 Å². The van der Waals surface area contributed by atoms with Gasteiger partial charge in [-0.2, -0.15) is 0 Å². The summed E-state index contributed by atoms with van der Waals surface area (Å²) in [5.74, 6) is -0.0388. The van der Waals surface area contributed by atoms with Crippen LogP contribution in [0.25, 0.3) is 0 Å². The van der Waals surface area contributed by atoms with Crippen LogP contribution in [0.3, 0.4) is 0 Å². The molecule has 2 aromatic rings. The second-order valence-electron chi connectivity index (χ2n) is 5.58. The van der Waals surface area contributed by atoms with E-state index in [4.69, 9.17) is 0 Å². The van der Waals surface area contributed by atoms with Crippen LogP contribution < -0.4 is 10.6 Å². The van der Waals surface area contributed by atoms with Gasteiger partial charge in [-0.15, -0.1) is 0 Å². The number of nitrogens with one attached hydrogen (secondary N) is 2. The number of halogens is 1. The van der Waals surface area contributed by atoms with E-state index in [1.54, 1.807) is 30.3 Å². The Morgan fingerprint density at radius 3 is 2.22 bits per heavy atom. The van der Waals surface area contributed by atoms with E-state index in [0.717, 1.165) is 3.57 Å². The van der Waals surface area contributed by atoms with Gasteiger partial charge in [0, 0.05) is 10.1 Å². The Kier molecular flexibility index (Phi) is 6.15. The summed E-state index contributed by atoms with van der Waals surface area (Å²) in [5.41, 5.74) is 1.57. The summed E-state index contributed by atoms with van der Waals surface area (Å²) in [6.45, 7) is 4.66. The van der Waals surface area contributed by atoms with Crippen LogP contribution in [0.15, 0.2) is 48.5 Å². The highest BCUT2D eigenvalue weighted by Crippen LogP contribution is 2.18. The zero-order chi connectivity index (χ0) is 16.8. The minimum Gasteiger partial charge on any atom is -0.352 e. The van der Waals surface area contributed by atoms with Crippen molar-refractivity contribution >= 4 is 40.1 Å². The van der Waals surface area contributed by atoms with E-state index in [1.807, 2.05) is 32.0 Å². The number of carbonyl (C=O) groups is 2. The minimum absolute atomic E-state index is 0.183. The molecular weight excluding hydrogens is 403 g/mol. The van der Waals surface area contributed by atoms with Gasteiger partial charge >= 0.3 is 0 Å². The standard InChI is InChI=1S/C18H19IN2O2/c1-12(2)11-20-17(22)14-8-4-6-10-16(14)21-18(23)13-7-3-5-9-15(13)19/h3-10,12H,11H2,1-2H3,(H,20,22)(H,21,23). The lowest BCUT2D eigenvalue weighted by molar-refractivity contribution is 0.0950. The molecule has 2 N–H and O–H groups in total. The molecule has 23 heavy (non-hydrogen) atoms. The van der Waals surface area contributed by atoms with Crippen LogP contribution in [0.2, 0.25) is 0 Å². The van der Waals surface area contributed by atoms with Crippen molar-refractivity contribution in [3.05, 3.63) is 63.2 Å². The summed E-state index contributed by atoms with van der Waals surface area (Å²) in [6.07, 6.45) is 0. The number of amides is 2. The van der Waals surface area contributed by atoms with E-state index in [2.05, 4.69) is 33.2 Å². The number of hydrogen-bond acceptors (Lipinski definition) is 2. The molecule has 0 spiro atoms. The lowest BCUT2D eigenvalue weighted by Gasteiger charge is -2.13. The molecule has 0 atom stereocenters. The number of para-hydroxylation sites is 1. The fourth-order valence-corrected chi connectivity index (χ4v) is 2.65. The van der Waals surface area contributed by atoms with Crippen LogP contribution in [0.4, 0.5) is 5.69 Å². The molecule has 0 bridgehead atoms. The van der Waals surface area contributed by atoms with E-state index in [-0.39, 0.29) is 11.8 Å². The topological polar surface area (TPSA) is 58.2 Å². The highest BCUT2D eigenvalue weighted by molar-refractivity contribution is 14.1. The Hall–Kier alpha value is -1.89. The molecular formula is C18H19IN2O2. The maximum Gasteiger partial charge on any atom is 0.256 e. The second-order valence-corrected chi connectivity index (χ2v) is 6.75. The van der Waals surface area contributed by atoms with Gasteiger partial charge in [-0.25, -0.2) is 0 Å². The quantitative estimate of drug-likeness (QED) is 0.718. The molecule has 120 valence electrons. The molecule has 0 heterocycles. The third-order valence-corrected chi connectivity index (χ3v) is 4.15. The van der Waals surface area contributed by atoms with Crippen molar-refractivity contribution < 1.29 is 9.59 Å². The molecule has 0 fully saturated rings. The summed E-state index contributed by atoms with van der Waals surface area (Å²) >= 11 is 2.12. The Morgan fingerprint density at radius 1 is 0.957 bits per heavy atom. The van der Waals surface area contributed by atoms with E-state index in [1.165, 1.54) is 0 Å². The van der Waals surface area contributed by atoms with Gasteiger partial charge in [0.15, 0.2) is 0 Å². The molecule has 2 rings (SSSR count). The average Bonchev–Trinajstić information content (AvgIpc) is 2.53. The van der Waals surface area contributed by atoms with Crippen molar-refractivity contribution in [3.63, 3.8) is 0 Å². The van der Waals surface area contributed by atoms with Crippen LogP contribution in [-0.2, 0) is 0 Å². The zero-order valence-corrected chi connectivity index (χ0v) is 15.3. The van der Waals surface area contributed by atoms with Crippen molar-refractivity contribution in [1.82, 2.24) is 5.32 Å². The van der Waals surface area contributed by atoms with Gasteiger partial charge in [-0.1, -0.05) is 38.1 Å². The highest BCUT2D eigenvalue weighted by atomic mass is 127. The Balaban J connectivity index is 2.19. The predicted octanol–water partition coefficient (Wildman–Crippen LogP) is 3.93. The Bertz CT molecular complexity index is 714. The van der Waals surface area contributed by atoms with Crippen LogP contribution in [-0.4, -0.2) is 18.4 Å². The van der Waals surface area contributed by atoms with Gasteiger partial charge < -0.3 is 10.6 Å². The summed E-state index contributed by atoms with van der Waals surface area (Å²) in [6, 6.07) is 14.4. The molecule has 0 aliphatic carbocycles. The van der Waals surface area contributed by atoms with E-state index in [9.17, 15) is 9.59 Å². The van der Waals surface area contributed by atoms with Crippen molar-refractivity contribution in [2.24, 2.45) is 5.92 Å². The number of anilines is 1. The minimum atomic E-state index is -0.223. The molecule has 0 saturated heterocycles. The average molecular weight is 422 g/mol. The number of carbonyl (C=O) groups excluding carboxylic acids is 2. The third kappa shape index (κ3) is 4.79. The number of hydrogen-bond donors (Lipinski definition) is 2.